The molecule has 1 N–H and O–H groups in total. The Morgan fingerprint density at radius 3 is 2.36 bits per heavy atom. The average molecular weight is 305 g/mol. The van der Waals surface area contributed by atoms with Crippen LogP contribution in [-0.4, -0.2) is 5.91 Å². The minimum Gasteiger partial charge on any atom is -0.322 e. The van der Waals surface area contributed by atoms with Gasteiger partial charge in [-0.25, -0.2) is 0 Å². The van der Waals surface area contributed by atoms with E-state index in [0.717, 1.165) is 17.7 Å². The fraction of sp³-hybridized carbons (Fsp3) is 0.118. The smallest absolute Gasteiger partial charge is 0.322 e. The summed E-state index contributed by atoms with van der Waals surface area (Å²) in [6, 6.07) is 13.7. The minimum absolute atomic E-state index is 0.112. The molecule has 0 heterocycles. The molecule has 0 bridgehead atoms. The molecular weight excluding hydrogens is 291 g/mol. The van der Waals surface area contributed by atoms with Crippen LogP contribution in [0.3, 0.4) is 0 Å². The summed E-state index contributed by atoms with van der Waals surface area (Å²) in [4.78, 5) is 12.0. The highest BCUT2D eigenvalue weighted by Crippen LogP contribution is 2.30. The first-order chi connectivity index (χ1) is 10.4. The second-order valence-electron chi connectivity index (χ2n) is 4.77. The molecule has 0 aliphatic carbocycles. The fourth-order valence-corrected chi connectivity index (χ4v) is 1.87. The van der Waals surface area contributed by atoms with Crippen LogP contribution >= 0.6 is 0 Å². The summed E-state index contributed by atoms with van der Waals surface area (Å²) in [7, 11) is 0. The molecule has 0 aliphatic rings. The summed E-state index contributed by atoms with van der Waals surface area (Å²) in [6.07, 6.45) is -2.77. The second-order valence-corrected chi connectivity index (χ2v) is 4.77. The van der Waals surface area contributed by atoms with Gasteiger partial charge in [0, 0.05) is 11.3 Å². The highest BCUT2D eigenvalue weighted by Gasteiger charge is 2.30. The van der Waals surface area contributed by atoms with E-state index in [9.17, 15) is 18.0 Å². The van der Waals surface area contributed by atoms with Gasteiger partial charge in [0.15, 0.2) is 0 Å². The largest absolute Gasteiger partial charge is 0.416 e. The maximum absolute atomic E-state index is 12.6. The molecule has 2 aromatic carbocycles. The molecule has 5 heteroatoms. The number of amides is 1. The van der Waals surface area contributed by atoms with Crippen molar-refractivity contribution in [1.29, 1.82) is 0 Å². The molecule has 22 heavy (non-hydrogen) atoms. The number of carbonyl (C=O) groups is 1. The Morgan fingerprint density at radius 1 is 1.05 bits per heavy atom. The van der Waals surface area contributed by atoms with E-state index in [-0.39, 0.29) is 5.69 Å². The van der Waals surface area contributed by atoms with Gasteiger partial charge in [-0.05, 0) is 36.8 Å². The molecule has 114 valence electrons. The number of hydrogen-bond donors (Lipinski definition) is 1. The van der Waals surface area contributed by atoms with Gasteiger partial charge < -0.3 is 5.32 Å². The summed E-state index contributed by atoms with van der Waals surface area (Å²) < 4.78 is 37.9. The van der Waals surface area contributed by atoms with Gasteiger partial charge in [-0.1, -0.05) is 36.4 Å². The van der Waals surface area contributed by atoms with Gasteiger partial charge in [-0.15, -0.1) is 0 Å². The third kappa shape index (κ3) is 4.22. The van der Waals surface area contributed by atoms with Gasteiger partial charge in [0.1, 0.15) is 0 Å². The molecule has 0 aromatic heterocycles. The molecule has 2 rings (SSSR count). The third-order valence-corrected chi connectivity index (χ3v) is 2.99. The van der Waals surface area contributed by atoms with Gasteiger partial charge in [-0.3, -0.25) is 4.79 Å². The number of hydrogen-bond acceptors (Lipinski definition) is 1. The monoisotopic (exact) mass is 305 g/mol. The third-order valence-electron chi connectivity index (χ3n) is 2.99. The molecule has 0 saturated carbocycles. The Labute approximate surface area is 126 Å². The van der Waals surface area contributed by atoms with Gasteiger partial charge in [0.25, 0.3) is 5.91 Å². The van der Waals surface area contributed by atoms with Crippen molar-refractivity contribution in [2.45, 2.75) is 13.1 Å². The summed E-state index contributed by atoms with van der Waals surface area (Å²) >= 11 is 0. The van der Waals surface area contributed by atoms with Crippen LogP contribution in [0.25, 0.3) is 6.08 Å². The van der Waals surface area contributed by atoms with E-state index in [1.54, 1.807) is 13.0 Å². The molecule has 0 spiro atoms. The molecule has 2 nitrogen and oxygen atoms in total. The Kier molecular flexibility index (Phi) is 4.65. The van der Waals surface area contributed by atoms with E-state index in [2.05, 4.69) is 5.32 Å². The standard InChI is InChI=1S/C17H14F3NO/c1-12(10-13-6-3-2-4-7-13)16(22)21-15-9-5-8-14(11-15)17(18,19)20/h2-11H,1H3,(H,21,22). The molecule has 0 atom stereocenters. The van der Waals surface area contributed by atoms with Crippen LogP contribution in [0.4, 0.5) is 18.9 Å². The van der Waals surface area contributed by atoms with E-state index in [1.807, 2.05) is 30.3 Å². The van der Waals surface area contributed by atoms with Crippen molar-refractivity contribution >= 4 is 17.7 Å². The van der Waals surface area contributed by atoms with Crippen LogP contribution in [0.15, 0.2) is 60.2 Å². The van der Waals surface area contributed by atoms with Crippen LogP contribution in [-0.2, 0) is 11.0 Å². The summed E-state index contributed by atoms with van der Waals surface area (Å²) in [5, 5.41) is 2.47. The van der Waals surface area contributed by atoms with Crippen LogP contribution < -0.4 is 5.32 Å². The molecule has 1 amide bonds. The van der Waals surface area contributed by atoms with Gasteiger partial charge in [0.05, 0.1) is 5.56 Å². The van der Waals surface area contributed by atoms with Crippen LogP contribution in [0.1, 0.15) is 18.1 Å². The zero-order valence-corrected chi connectivity index (χ0v) is 11.8. The number of anilines is 1. The van der Waals surface area contributed by atoms with E-state index in [0.29, 0.717) is 5.57 Å². The fourth-order valence-electron chi connectivity index (χ4n) is 1.87. The van der Waals surface area contributed by atoms with Gasteiger partial charge >= 0.3 is 6.18 Å². The van der Waals surface area contributed by atoms with Gasteiger partial charge in [0.2, 0.25) is 0 Å². The zero-order chi connectivity index (χ0) is 16.2. The van der Waals surface area contributed by atoms with E-state index in [1.165, 1.54) is 12.1 Å². The topological polar surface area (TPSA) is 29.1 Å². The lowest BCUT2D eigenvalue weighted by atomic mass is 10.1. The van der Waals surface area contributed by atoms with E-state index in [4.69, 9.17) is 0 Å². The molecule has 0 fully saturated rings. The molecular formula is C17H14F3NO. The highest BCUT2D eigenvalue weighted by atomic mass is 19.4. The van der Waals surface area contributed by atoms with E-state index >= 15 is 0 Å². The average Bonchev–Trinajstić information content (AvgIpc) is 2.47. The maximum Gasteiger partial charge on any atom is 0.416 e. The predicted molar refractivity (Wildman–Crippen MR) is 80.2 cm³/mol. The molecule has 2 aromatic rings. The second kappa shape index (κ2) is 6.47. The normalized spacial score (nSPS) is 12.1. The number of nitrogens with one attached hydrogen (secondary N) is 1. The molecule has 0 radical (unpaired) electrons. The highest BCUT2D eigenvalue weighted by molar-refractivity contribution is 6.06. The number of benzene rings is 2. The minimum atomic E-state index is -4.43. The number of rotatable bonds is 3. The lowest BCUT2D eigenvalue weighted by Crippen LogP contribution is -2.13. The Bertz CT molecular complexity index is 691. The van der Waals surface area contributed by atoms with Crippen molar-refractivity contribution in [3.63, 3.8) is 0 Å². The van der Waals surface area contributed by atoms with E-state index < -0.39 is 17.6 Å². The summed E-state index contributed by atoms with van der Waals surface area (Å²) in [5.74, 6) is -0.442. The van der Waals surface area contributed by atoms with Crippen molar-refractivity contribution in [1.82, 2.24) is 0 Å². The van der Waals surface area contributed by atoms with Crippen LogP contribution in [0.5, 0.6) is 0 Å². The van der Waals surface area contributed by atoms with Crippen molar-refractivity contribution < 1.29 is 18.0 Å². The lowest BCUT2D eigenvalue weighted by molar-refractivity contribution is -0.137. The van der Waals surface area contributed by atoms with Crippen LogP contribution in [0.2, 0.25) is 0 Å². The molecule has 0 aliphatic heterocycles. The Balaban J connectivity index is 2.14. The quantitative estimate of drug-likeness (QED) is 0.815. The lowest BCUT2D eigenvalue weighted by Gasteiger charge is -2.10. The van der Waals surface area contributed by atoms with Crippen molar-refractivity contribution in [3.8, 4) is 0 Å². The Hall–Kier alpha value is -2.56. The van der Waals surface area contributed by atoms with Crippen molar-refractivity contribution in [2.24, 2.45) is 0 Å². The van der Waals surface area contributed by atoms with Gasteiger partial charge in [-0.2, -0.15) is 13.2 Å². The summed E-state index contributed by atoms with van der Waals surface area (Å²) in [6.45, 7) is 1.61. The van der Waals surface area contributed by atoms with Crippen molar-refractivity contribution in [2.75, 3.05) is 5.32 Å². The van der Waals surface area contributed by atoms with Crippen molar-refractivity contribution in [3.05, 3.63) is 71.3 Å². The number of alkyl halides is 3. The Morgan fingerprint density at radius 2 is 1.73 bits per heavy atom. The predicted octanol–water partition coefficient (Wildman–Crippen LogP) is 4.75. The first-order valence-electron chi connectivity index (χ1n) is 6.58. The molecule has 0 unspecified atom stereocenters. The first kappa shape index (κ1) is 15.8. The van der Waals surface area contributed by atoms with Crippen LogP contribution in [0, 0.1) is 0 Å². The zero-order valence-electron chi connectivity index (χ0n) is 11.8. The number of carbonyl (C=O) groups excluding carboxylic acids is 1. The number of halogens is 3. The summed E-state index contributed by atoms with van der Waals surface area (Å²) in [5.41, 5.74) is 0.568. The SMILES string of the molecule is CC(=Cc1ccccc1)C(=O)Nc1cccc(C(F)(F)F)c1. The first-order valence-corrected chi connectivity index (χ1v) is 6.58. The molecule has 0 saturated heterocycles. The maximum atomic E-state index is 12.6.